The van der Waals surface area contributed by atoms with Crippen LogP contribution < -0.4 is 10.6 Å². The fraction of sp³-hybridized carbons (Fsp3) is 0.462. The molecule has 1 rings (SSSR count). The summed E-state index contributed by atoms with van der Waals surface area (Å²) in [5.74, 6) is 0. The average molecular weight is 362 g/mol. The van der Waals surface area contributed by atoms with Gasteiger partial charge in [0.2, 0.25) is 0 Å². The largest absolute Gasteiger partial charge is 0.444 e. The summed E-state index contributed by atoms with van der Waals surface area (Å²) in [7, 11) is 0. The maximum absolute atomic E-state index is 11.4. The molecule has 0 aliphatic carbocycles. The maximum Gasteiger partial charge on any atom is 0.407 e. The molecule has 0 fully saturated rings. The van der Waals surface area contributed by atoms with Gasteiger partial charge in [0.25, 0.3) is 0 Å². The Hall–Kier alpha value is -0.980. The molecule has 2 N–H and O–H groups in total. The number of hydrogen-bond donors (Lipinski definition) is 2. The first-order valence-corrected chi connectivity index (χ1v) is 6.91. The minimum Gasteiger partial charge on any atom is -0.444 e. The Kier molecular flexibility index (Phi) is 5.71. The number of carbonyl (C=O) groups is 1. The molecule has 0 aliphatic heterocycles. The molecule has 0 unspecified atom stereocenters. The summed E-state index contributed by atoms with van der Waals surface area (Å²) in [6.45, 7) is 6.73. The molecule has 0 atom stereocenters. The fourth-order valence-electron chi connectivity index (χ4n) is 1.25. The highest BCUT2D eigenvalue weighted by atomic mass is 127. The summed E-state index contributed by atoms with van der Waals surface area (Å²) in [6.07, 6.45) is -0.382. The number of carbonyl (C=O) groups excluding carboxylic acids is 1. The molecule has 100 valence electrons. The second kappa shape index (κ2) is 6.82. The maximum atomic E-state index is 11.4. The van der Waals surface area contributed by atoms with Crippen LogP contribution in [0.25, 0.3) is 0 Å². The Morgan fingerprint density at radius 1 is 1.22 bits per heavy atom. The average Bonchev–Trinajstić information content (AvgIpc) is 2.24. The molecule has 18 heavy (non-hydrogen) atoms. The molecule has 1 aromatic rings. The van der Waals surface area contributed by atoms with E-state index in [9.17, 15) is 4.79 Å². The van der Waals surface area contributed by atoms with Crippen molar-refractivity contribution in [3.05, 3.63) is 27.8 Å². The topological polar surface area (TPSA) is 50.4 Å². The quantitative estimate of drug-likeness (QED) is 0.639. The van der Waals surface area contributed by atoms with Crippen LogP contribution in [0.3, 0.4) is 0 Å². The molecule has 1 aromatic carbocycles. The van der Waals surface area contributed by atoms with Crippen molar-refractivity contribution in [1.29, 1.82) is 0 Å². The molecule has 0 radical (unpaired) electrons. The first kappa shape index (κ1) is 15.1. The van der Waals surface area contributed by atoms with Crippen molar-refractivity contribution >= 4 is 34.4 Å². The van der Waals surface area contributed by atoms with E-state index in [2.05, 4.69) is 33.2 Å². The van der Waals surface area contributed by atoms with E-state index in [1.165, 1.54) is 3.57 Å². The second-order valence-corrected chi connectivity index (χ2v) is 6.11. The van der Waals surface area contributed by atoms with Gasteiger partial charge in [-0.15, -0.1) is 0 Å². The molecule has 0 spiro atoms. The van der Waals surface area contributed by atoms with Crippen molar-refractivity contribution in [3.8, 4) is 0 Å². The van der Waals surface area contributed by atoms with Gasteiger partial charge in [-0.3, -0.25) is 0 Å². The van der Waals surface area contributed by atoms with E-state index in [1.807, 2.05) is 45.0 Å². The number of hydrogen-bond acceptors (Lipinski definition) is 3. The van der Waals surface area contributed by atoms with Crippen molar-refractivity contribution in [3.63, 3.8) is 0 Å². The third kappa shape index (κ3) is 6.68. The molecular weight excluding hydrogens is 343 g/mol. The van der Waals surface area contributed by atoms with Crippen LogP contribution in [-0.2, 0) is 4.74 Å². The Morgan fingerprint density at radius 2 is 1.83 bits per heavy atom. The van der Waals surface area contributed by atoms with Crippen LogP contribution in [-0.4, -0.2) is 24.8 Å². The lowest BCUT2D eigenvalue weighted by Gasteiger charge is -2.19. The first-order chi connectivity index (χ1) is 8.37. The van der Waals surface area contributed by atoms with Gasteiger partial charge in [-0.05, 0) is 67.6 Å². The Labute approximate surface area is 122 Å². The Balaban J connectivity index is 2.19. The third-order valence-corrected chi connectivity index (χ3v) is 2.69. The van der Waals surface area contributed by atoms with Gasteiger partial charge in [-0.25, -0.2) is 4.79 Å². The van der Waals surface area contributed by atoms with E-state index in [1.54, 1.807) is 0 Å². The van der Waals surface area contributed by atoms with Gasteiger partial charge in [0.1, 0.15) is 5.60 Å². The van der Waals surface area contributed by atoms with E-state index in [0.717, 1.165) is 5.69 Å². The van der Waals surface area contributed by atoms with Crippen LogP contribution in [0.2, 0.25) is 0 Å². The molecule has 0 saturated carbocycles. The predicted octanol–water partition coefficient (Wildman–Crippen LogP) is 3.23. The third-order valence-electron chi connectivity index (χ3n) is 1.97. The number of ether oxygens (including phenoxy) is 1. The number of anilines is 1. The number of amides is 1. The van der Waals surface area contributed by atoms with Crippen LogP contribution in [0.4, 0.5) is 10.5 Å². The minimum atomic E-state index is -0.451. The summed E-state index contributed by atoms with van der Waals surface area (Å²) in [4.78, 5) is 11.4. The Bertz CT molecular complexity index is 385. The van der Waals surface area contributed by atoms with Crippen molar-refractivity contribution in [1.82, 2.24) is 5.32 Å². The van der Waals surface area contributed by atoms with Crippen LogP contribution in [0.15, 0.2) is 24.3 Å². The zero-order valence-electron chi connectivity index (χ0n) is 10.9. The lowest BCUT2D eigenvalue weighted by Crippen LogP contribution is -2.34. The van der Waals surface area contributed by atoms with Crippen molar-refractivity contribution in [2.45, 2.75) is 26.4 Å². The molecular formula is C13H19IN2O2. The highest BCUT2D eigenvalue weighted by molar-refractivity contribution is 14.1. The summed E-state index contributed by atoms with van der Waals surface area (Å²) >= 11 is 2.26. The SMILES string of the molecule is CC(C)(C)OC(=O)NCCNc1ccc(I)cc1. The number of nitrogens with one attached hydrogen (secondary N) is 2. The first-order valence-electron chi connectivity index (χ1n) is 5.83. The molecule has 0 bridgehead atoms. The highest BCUT2D eigenvalue weighted by Gasteiger charge is 2.15. The van der Waals surface area contributed by atoms with Crippen molar-refractivity contribution < 1.29 is 9.53 Å². The van der Waals surface area contributed by atoms with Gasteiger partial charge in [0.15, 0.2) is 0 Å². The van der Waals surface area contributed by atoms with Crippen LogP contribution >= 0.6 is 22.6 Å². The summed E-state index contributed by atoms with van der Waals surface area (Å²) < 4.78 is 6.33. The van der Waals surface area contributed by atoms with Gasteiger partial charge < -0.3 is 15.4 Å². The van der Waals surface area contributed by atoms with E-state index >= 15 is 0 Å². The number of alkyl carbamates (subject to hydrolysis) is 1. The smallest absolute Gasteiger partial charge is 0.407 e. The number of halogens is 1. The Morgan fingerprint density at radius 3 is 2.39 bits per heavy atom. The fourth-order valence-corrected chi connectivity index (χ4v) is 1.61. The van der Waals surface area contributed by atoms with Crippen LogP contribution in [0, 0.1) is 3.57 Å². The summed E-state index contributed by atoms with van der Waals surface area (Å²) in [5.41, 5.74) is 0.592. The van der Waals surface area contributed by atoms with E-state index in [0.29, 0.717) is 13.1 Å². The van der Waals surface area contributed by atoms with Gasteiger partial charge >= 0.3 is 6.09 Å². The predicted molar refractivity (Wildman–Crippen MR) is 81.9 cm³/mol. The van der Waals surface area contributed by atoms with Crippen LogP contribution in [0.1, 0.15) is 20.8 Å². The summed E-state index contributed by atoms with van der Waals surface area (Å²) in [6, 6.07) is 8.08. The molecule has 0 aliphatic rings. The summed E-state index contributed by atoms with van der Waals surface area (Å²) in [5, 5.41) is 5.91. The molecule has 1 amide bonds. The number of rotatable bonds is 4. The standard InChI is InChI=1S/C13H19IN2O2/c1-13(2,3)18-12(17)16-9-8-15-11-6-4-10(14)5-7-11/h4-7,15H,8-9H2,1-3H3,(H,16,17). The van der Waals surface area contributed by atoms with Gasteiger partial charge in [0, 0.05) is 22.3 Å². The zero-order valence-corrected chi connectivity index (χ0v) is 13.1. The van der Waals surface area contributed by atoms with Gasteiger partial charge in [0.05, 0.1) is 0 Å². The van der Waals surface area contributed by atoms with Gasteiger partial charge in [-0.1, -0.05) is 0 Å². The normalized spacial score (nSPS) is 10.9. The number of benzene rings is 1. The molecule has 0 saturated heterocycles. The molecule has 0 aromatic heterocycles. The monoisotopic (exact) mass is 362 g/mol. The van der Waals surface area contributed by atoms with Crippen molar-refractivity contribution in [2.24, 2.45) is 0 Å². The second-order valence-electron chi connectivity index (χ2n) is 4.86. The van der Waals surface area contributed by atoms with E-state index in [4.69, 9.17) is 4.74 Å². The molecule has 5 heteroatoms. The lowest BCUT2D eigenvalue weighted by molar-refractivity contribution is 0.0530. The molecule has 4 nitrogen and oxygen atoms in total. The lowest BCUT2D eigenvalue weighted by atomic mass is 10.2. The van der Waals surface area contributed by atoms with Gasteiger partial charge in [-0.2, -0.15) is 0 Å². The minimum absolute atomic E-state index is 0.382. The van der Waals surface area contributed by atoms with E-state index < -0.39 is 5.60 Å². The van der Waals surface area contributed by atoms with E-state index in [-0.39, 0.29) is 6.09 Å². The van der Waals surface area contributed by atoms with Crippen molar-refractivity contribution in [2.75, 3.05) is 18.4 Å². The highest BCUT2D eigenvalue weighted by Crippen LogP contribution is 2.10. The molecule has 0 heterocycles. The zero-order chi connectivity index (χ0) is 13.6. The van der Waals surface area contributed by atoms with Crippen LogP contribution in [0.5, 0.6) is 0 Å².